The Morgan fingerprint density at radius 1 is 1.10 bits per heavy atom. The Balaban J connectivity index is 2.33. The van der Waals surface area contributed by atoms with Gasteiger partial charge in [0.05, 0.1) is 6.20 Å². The zero-order valence-corrected chi connectivity index (χ0v) is 12.7. The van der Waals surface area contributed by atoms with E-state index in [0.717, 1.165) is 35.7 Å². The maximum Gasteiger partial charge on any atom is 0.150 e. The molecular formula is C17H22N2O. The average molecular weight is 270 g/mol. The predicted molar refractivity (Wildman–Crippen MR) is 82.3 cm³/mol. The minimum atomic E-state index is 0.790. The van der Waals surface area contributed by atoms with Crippen molar-refractivity contribution in [3.8, 4) is 11.5 Å². The first-order valence-electron chi connectivity index (χ1n) is 7.01. The summed E-state index contributed by atoms with van der Waals surface area (Å²) in [6.07, 6.45) is 3.59. The van der Waals surface area contributed by atoms with Crippen molar-refractivity contribution in [3.05, 3.63) is 52.8 Å². The molecule has 3 heteroatoms. The molecule has 3 nitrogen and oxygen atoms in total. The number of hydrogen-bond acceptors (Lipinski definition) is 3. The molecule has 0 saturated heterocycles. The number of benzene rings is 1. The molecule has 0 aliphatic heterocycles. The SMILES string of the molecule is CCNCc1ccncc1Oc1c(C)ccc(C)c1C. The molecule has 0 fully saturated rings. The topological polar surface area (TPSA) is 34.2 Å². The third-order valence-corrected chi connectivity index (χ3v) is 3.52. The van der Waals surface area contributed by atoms with Gasteiger partial charge >= 0.3 is 0 Å². The van der Waals surface area contributed by atoms with Gasteiger partial charge in [0.1, 0.15) is 11.5 Å². The van der Waals surface area contributed by atoms with Crippen molar-refractivity contribution in [1.82, 2.24) is 10.3 Å². The van der Waals surface area contributed by atoms with E-state index in [-0.39, 0.29) is 0 Å². The predicted octanol–water partition coefficient (Wildman–Crippen LogP) is 3.91. The van der Waals surface area contributed by atoms with Crippen molar-refractivity contribution in [2.24, 2.45) is 0 Å². The van der Waals surface area contributed by atoms with E-state index in [0.29, 0.717) is 0 Å². The standard InChI is InChI=1S/C17H22N2O/c1-5-18-10-15-8-9-19-11-16(15)20-17-13(3)7-6-12(2)14(17)4/h6-9,11,18H,5,10H2,1-4H3. The van der Waals surface area contributed by atoms with Gasteiger partial charge in [0.15, 0.2) is 0 Å². The van der Waals surface area contributed by atoms with Gasteiger partial charge in [-0.3, -0.25) is 4.98 Å². The van der Waals surface area contributed by atoms with E-state index < -0.39 is 0 Å². The van der Waals surface area contributed by atoms with Gasteiger partial charge in [-0.05, 0) is 50.1 Å². The van der Waals surface area contributed by atoms with E-state index in [1.807, 2.05) is 6.07 Å². The van der Waals surface area contributed by atoms with Crippen LogP contribution in [0, 0.1) is 20.8 Å². The lowest BCUT2D eigenvalue weighted by atomic mass is 10.1. The van der Waals surface area contributed by atoms with Gasteiger partial charge < -0.3 is 10.1 Å². The molecule has 0 unspecified atom stereocenters. The van der Waals surface area contributed by atoms with E-state index in [9.17, 15) is 0 Å². The smallest absolute Gasteiger partial charge is 0.150 e. The van der Waals surface area contributed by atoms with Crippen molar-refractivity contribution in [2.45, 2.75) is 34.2 Å². The van der Waals surface area contributed by atoms with Crippen LogP contribution in [-0.4, -0.2) is 11.5 Å². The van der Waals surface area contributed by atoms with Crippen LogP contribution in [0.15, 0.2) is 30.6 Å². The average Bonchev–Trinajstić information content (AvgIpc) is 2.46. The molecule has 0 spiro atoms. The summed E-state index contributed by atoms with van der Waals surface area (Å²) in [6.45, 7) is 10.1. The van der Waals surface area contributed by atoms with Crippen LogP contribution in [0.1, 0.15) is 29.2 Å². The van der Waals surface area contributed by atoms with Crippen LogP contribution in [0.25, 0.3) is 0 Å². The van der Waals surface area contributed by atoms with E-state index in [1.54, 1.807) is 12.4 Å². The number of pyridine rings is 1. The zero-order valence-electron chi connectivity index (χ0n) is 12.7. The first-order chi connectivity index (χ1) is 9.63. The molecule has 1 heterocycles. The summed E-state index contributed by atoms with van der Waals surface area (Å²) < 4.78 is 6.15. The Labute approximate surface area is 121 Å². The lowest BCUT2D eigenvalue weighted by Gasteiger charge is -2.16. The highest BCUT2D eigenvalue weighted by Crippen LogP contribution is 2.31. The van der Waals surface area contributed by atoms with Crippen molar-refractivity contribution < 1.29 is 4.74 Å². The molecule has 0 amide bonds. The van der Waals surface area contributed by atoms with Crippen LogP contribution in [0.3, 0.4) is 0 Å². The Morgan fingerprint density at radius 3 is 2.60 bits per heavy atom. The van der Waals surface area contributed by atoms with Gasteiger partial charge in [-0.15, -0.1) is 0 Å². The number of rotatable bonds is 5. The number of hydrogen-bond donors (Lipinski definition) is 1. The lowest BCUT2D eigenvalue weighted by molar-refractivity contribution is 0.463. The van der Waals surface area contributed by atoms with Gasteiger partial charge in [-0.1, -0.05) is 19.1 Å². The van der Waals surface area contributed by atoms with Crippen LogP contribution in [0.4, 0.5) is 0 Å². The molecule has 1 aromatic carbocycles. The third-order valence-electron chi connectivity index (χ3n) is 3.52. The van der Waals surface area contributed by atoms with Crippen molar-refractivity contribution >= 4 is 0 Å². The summed E-state index contributed by atoms with van der Waals surface area (Å²) in [6, 6.07) is 6.22. The summed E-state index contributed by atoms with van der Waals surface area (Å²) in [7, 11) is 0. The number of aryl methyl sites for hydroxylation is 2. The van der Waals surface area contributed by atoms with Crippen molar-refractivity contribution in [3.63, 3.8) is 0 Å². The molecular weight excluding hydrogens is 248 g/mol. The van der Waals surface area contributed by atoms with Gasteiger partial charge in [0, 0.05) is 18.3 Å². The number of ether oxygens (including phenoxy) is 1. The third kappa shape index (κ3) is 3.17. The molecule has 2 rings (SSSR count). The Kier molecular flexibility index (Phi) is 4.74. The second-order valence-electron chi connectivity index (χ2n) is 5.02. The molecule has 2 aromatic rings. The molecule has 0 aliphatic carbocycles. The molecule has 1 N–H and O–H groups in total. The minimum Gasteiger partial charge on any atom is -0.455 e. The molecule has 0 radical (unpaired) electrons. The summed E-state index contributed by atoms with van der Waals surface area (Å²) in [4.78, 5) is 4.18. The summed E-state index contributed by atoms with van der Waals surface area (Å²) >= 11 is 0. The molecule has 1 aromatic heterocycles. The normalized spacial score (nSPS) is 10.6. The van der Waals surface area contributed by atoms with Crippen molar-refractivity contribution in [2.75, 3.05) is 6.54 Å². The molecule has 0 saturated carbocycles. The maximum absolute atomic E-state index is 6.15. The van der Waals surface area contributed by atoms with Gasteiger partial charge in [0.25, 0.3) is 0 Å². The highest BCUT2D eigenvalue weighted by atomic mass is 16.5. The Bertz CT molecular complexity index is 594. The molecule has 0 aliphatic rings. The Hall–Kier alpha value is -1.87. The van der Waals surface area contributed by atoms with Crippen LogP contribution in [0.2, 0.25) is 0 Å². The largest absolute Gasteiger partial charge is 0.455 e. The van der Waals surface area contributed by atoms with E-state index in [1.165, 1.54) is 11.1 Å². The number of nitrogens with one attached hydrogen (secondary N) is 1. The van der Waals surface area contributed by atoms with E-state index in [2.05, 4.69) is 50.1 Å². The molecule has 106 valence electrons. The highest BCUT2D eigenvalue weighted by molar-refractivity contribution is 5.47. The maximum atomic E-state index is 6.15. The van der Waals surface area contributed by atoms with E-state index >= 15 is 0 Å². The number of aromatic nitrogens is 1. The first kappa shape index (κ1) is 14.5. The Morgan fingerprint density at radius 2 is 1.85 bits per heavy atom. The van der Waals surface area contributed by atoms with Crippen LogP contribution >= 0.6 is 0 Å². The summed E-state index contributed by atoms with van der Waals surface area (Å²) in [5.74, 6) is 1.76. The van der Waals surface area contributed by atoms with Crippen LogP contribution in [0.5, 0.6) is 11.5 Å². The van der Waals surface area contributed by atoms with Gasteiger partial charge in [0.2, 0.25) is 0 Å². The quantitative estimate of drug-likeness (QED) is 0.894. The van der Waals surface area contributed by atoms with Gasteiger partial charge in [-0.2, -0.15) is 0 Å². The van der Waals surface area contributed by atoms with Crippen molar-refractivity contribution in [1.29, 1.82) is 0 Å². The fourth-order valence-corrected chi connectivity index (χ4v) is 2.10. The fourth-order valence-electron chi connectivity index (χ4n) is 2.10. The minimum absolute atomic E-state index is 0.790. The van der Waals surface area contributed by atoms with Gasteiger partial charge in [-0.25, -0.2) is 0 Å². The molecule has 0 atom stereocenters. The first-order valence-corrected chi connectivity index (χ1v) is 7.01. The summed E-state index contributed by atoms with van der Waals surface area (Å²) in [5.41, 5.74) is 4.69. The highest BCUT2D eigenvalue weighted by Gasteiger charge is 2.10. The summed E-state index contributed by atoms with van der Waals surface area (Å²) in [5, 5.41) is 3.32. The molecule has 20 heavy (non-hydrogen) atoms. The fraction of sp³-hybridized carbons (Fsp3) is 0.353. The molecule has 0 bridgehead atoms. The van der Waals surface area contributed by atoms with Crippen LogP contribution < -0.4 is 10.1 Å². The zero-order chi connectivity index (χ0) is 14.5. The lowest BCUT2D eigenvalue weighted by Crippen LogP contribution is -2.12. The number of nitrogens with zero attached hydrogens (tertiary/aromatic N) is 1. The second kappa shape index (κ2) is 6.53. The van der Waals surface area contributed by atoms with Crippen LogP contribution in [-0.2, 0) is 6.54 Å². The van der Waals surface area contributed by atoms with E-state index in [4.69, 9.17) is 4.74 Å². The second-order valence-corrected chi connectivity index (χ2v) is 5.02. The monoisotopic (exact) mass is 270 g/mol.